The van der Waals surface area contributed by atoms with E-state index in [1.54, 1.807) is 0 Å². The summed E-state index contributed by atoms with van der Waals surface area (Å²) in [6, 6.07) is 0.801. The third-order valence-electron chi connectivity index (χ3n) is 3.15. The van der Waals surface area contributed by atoms with Crippen LogP contribution < -0.4 is 5.73 Å². The molecule has 0 aromatic carbocycles. The van der Waals surface area contributed by atoms with Crippen LogP contribution in [-0.2, 0) is 4.74 Å². The highest BCUT2D eigenvalue weighted by Crippen LogP contribution is 2.24. The van der Waals surface area contributed by atoms with Crippen molar-refractivity contribution in [3.05, 3.63) is 0 Å². The van der Waals surface area contributed by atoms with E-state index in [2.05, 4.69) is 25.7 Å². The minimum atomic E-state index is -0.0147. The molecule has 16 heavy (non-hydrogen) atoms. The van der Waals surface area contributed by atoms with E-state index in [1.165, 1.54) is 19.3 Å². The minimum absolute atomic E-state index is 0.0147. The van der Waals surface area contributed by atoms with E-state index in [4.69, 9.17) is 10.5 Å². The molecule has 1 saturated carbocycles. The summed E-state index contributed by atoms with van der Waals surface area (Å²) in [6.07, 6.45) is 5.22. The summed E-state index contributed by atoms with van der Waals surface area (Å²) >= 11 is 0. The monoisotopic (exact) mass is 228 g/mol. The van der Waals surface area contributed by atoms with Gasteiger partial charge in [0, 0.05) is 12.6 Å². The maximum absolute atomic E-state index is 5.79. The summed E-state index contributed by atoms with van der Waals surface area (Å²) < 4.78 is 5.79. The van der Waals surface area contributed by atoms with Crippen molar-refractivity contribution in [2.75, 3.05) is 26.2 Å². The predicted octanol–water partition coefficient (Wildman–Crippen LogP) is 2.00. The molecular formula is C13H28N2O. The lowest BCUT2D eigenvalue weighted by atomic mass is 9.91. The highest BCUT2D eigenvalue weighted by molar-refractivity contribution is 4.80. The Morgan fingerprint density at radius 1 is 1.25 bits per heavy atom. The van der Waals surface area contributed by atoms with E-state index in [0.29, 0.717) is 0 Å². The highest BCUT2D eigenvalue weighted by atomic mass is 16.5. The van der Waals surface area contributed by atoms with Crippen LogP contribution in [0.3, 0.4) is 0 Å². The van der Waals surface area contributed by atoms with Gasteiger partial charge in [0.15, 0.2) is 0 Å². The molecule has 0 heterocycles. The molecule has 96 valence electrons. The average molecular weight is 228 g/mol. The second-order valence-electron chi connectivity index (χ2n) is 5.72. The lowest BCUT2D eigenvalue weighted by Gasteiger charge is -2.38. The van der Waals surface area contributed by atoms with E-state index in [1.807, 2.05) is 0 Å². The molecular weight excluding hydrogens is 200 g/mol. The number of nitrogens with two attached hydrogens (primary N) is 1. The normalized spacial score (nSPS) is 17.8. The first-order valence-electron chi connectivity index (χ1n) is 6.61. The van der Waals surface area contributed by atoms with E-state index in [9.17, 15) is 0 Å². The first kappa shape index (κ1) is 13.9. The zero-order chi connectivity index (χ0) is 12.0. The van der Waals surface area contributed by atoms with Gasteiger partial charge in [-0.3, -0.25) is 4.90 Å². The van der Waals surface area contributed by atoms with Crippen molar-refractivity contribution in [3.8, 4) is 0 Å². The third-order valence-corrected chi connectivity index (χ3v) is 3.15. The van der Waals surface area contributed by atoms with E-state index in [0.717, 1.165) is 38.7 Å². The summed E-state index contributed by atoms with van der Waals surface area (Å²) in [5, 5.41) is 0. The second-order valence-corrected chi connectivity index (χ2v) is 5.72. The predicted molar refractivity (Wildman–Crippen MR) is 68.6 cm³/mol. The van der Waals surface area contributed by atoms with Gasteiger partial charge in [-0.15, -0.1) is 0 Å². The van der Waals surface area contributed by atoms with Crippen LogP contribution in [0.5, 0.6) is 0 Å². The van der Waals surface area contributed by atoms with Gasteiger partial charge < -0.3 is 10.5 Å². The smallest absolute Gasteiger partial charge is 0.0600 e. The molecule has 2 N–H and O–H groups in total. The Hall–Kier alpha value is -0.120. The lowest BCUT2D eigenvalue weighted by Crippen LogP contribution is -2.43. The summed E-state index contributed by atoms with van der Waals surface area (Å²) in [4.78, 5) is 2.56. The van der Waals surface area contributed by atoms with Crippen LogP contribution >= 0.6 is 0 Å². The number of nitrogens with zero attached hydrogens (tertiary/aromatic N) is 1. The molecule has 0 aromatic heterocycles. The summed E-state index contributed by atoms with van der Waals surface area (Å²) in [5.41, 5.74) is 5.56. The fourth-order valence-corrected chi connectivity index (χ4v) is 1.99. The summed E-state index contributed by atoms with van der Waals surface area (Å²) in [6.45, 7) is 10.2. The van der Waals surface area contributed by atoms with E-state index in [-0.39, 0.29) is 5.60 Å². The molecule has 0 atom stereocenters. The molecule has 3 heteroatoms. The number of hydrogen-bond donors (Lipinski definition) is 1. The number of hydrogen-bond acceptors (Lipinski definition) is 3. The van der Waals surface area contributed by atoms with Crippen LogP contribution in [-0.4, -0.2) is 42.8 Å². The van der Waals surface area contributed by atoms with Crippen molar-refractivity contribution in [2.24, 2.45) is 5.73 Å². The van der Waals surface area contributed by atoms with Crippen LogP contribution in [0.1, 0.15) is 46.5 Å². The molecule has 0 bridgehead atoms. The highest BCUT2D eigenvalue weighted by Gasteiger charge is 2.24. The molecule has 1 aliphatic rings. The van der Waals surface area contributed by atoms with Crippen LogP contribution in [0.15, 0.2) is 0 Å². The van der Waals surface area contributed by atoms with E-state index < -0.39 is 0 Å². The van der Waals surface area contributed by atoms with Crippen molar-refractivity contribution in [2.45, 2.75) is 58.1 Å². The Morgan fingerprint density at radius 3 is 2.38 bits per heavy atom. The summed E-state index contributed by atoms with van der Waals surface area (Å²) in [7, 11) is 0. The maximum Gasteiger partial charge on any atom is 0.0600 e. The van der Waals surface area contributed by atoms with Crippen LogP contribution in [0.2, 0.25) is 0 Å². The van der Waals surface area contributed by atoms with Gasteiger partial charge in [-0.25, -0.2) is 0 Å². The number of rotatable bonds is 7. The molecule has 0 saturated heterocycles. The standard InChI is InChI=1S/C13H28N2O/c1-13(2,3)16-11-10-15(9-5-8-14)12-6-4-7-12/h12H,4-11,14H2,1-3H3. The topological polar surface area (TPSA) is 38.5 Å². The van der Waals surface area contributed by atoms with Gasteiger partial charge in [-0.1, -0.05) is 6.42 Å². The molecule has 0 radical (unpaired) electrons. The largest absolute Gasteiger partial charge is 0.375 e. The Morgan fingerprint density at radius 2 is 1.94 bits per heavy atom. The molecule has 1 rings (SSSR count). The lowest BCUT2D eigenvalue weighted by molar-refractivity contribution is -0.0226. The van der Waals surface area contributed by atoms with Gasteiger partial charge in [0.05, 0.1) is 12.2 Å². The Labute approximate surface area is 100 Å². The zero-order valence-corrected chi connectivity index (χ0v) is 11.2. The molecule has 0 unspecified atom stereocenters. The van der Waals surface area contributed by atoms with Gasteiger partial charge in [0.25, 0.3) is 0 Å². The first-order valence-corrected chi connectivity index (χ1v) is 6.61. The third kappa shape index (κ3) is 5.28. The fraction of sp³-hybridized carbons (Fsp3) is 1.00. The Bertz CT molecular complexity index is 185. The molecule has 0 spiro atoms. The molecule has 1 aliphatic carbocycles. The average Bonchev–Trinajstić information content (AvgIpc) is 2.08. The summed E-state index contributed by atoms with van der Waals surface area (Å²) in [5.74, 6) is 0. The van der Waals surface area contributed by atoms with Gasteiger partial charge in [-0.2, -0.15) is 0 Å². The minimum Gasteiger partial charge on any atom is -0.375 e. The van der Waals surface area contributed by atoms with Gasteiger partial charge in [0.2, 0.25) is 0 Å². The second kappa shape index (κ2) is 6.58. The van der Waals surface area contributed by atoms with Crippen LogP contribution in [0.25, 0.3) is 0 Å². The van der Waals surface area contributed by atoms with E-state index >= 15 is 0 Å². The molecule has 3 nitrogen and oxygen atoms in total. The molecule has 1 fully saturated rings. The zero-order valence-electron chi connectivity index (χ0n) is 11.2. The Balaban J connectivity index is 2.21. The first-order chi connectivity index (χ1) is 7.53. The quantitative estimate of drug-likeness (QED) is 0.724. The van der Waals surface area contributed by atoms with Gasteiger partial charge >= 0.3 is 0 Å². The molecule has 0 amide bonds. The maximum atomic E-state index is 5.79. The molecule has 0 aromatic rings. The van der Waals surface area contributed by atoms with Crippen LogP contribution in [0, 0.1) is 0 Å². The number of ether oxygens (including phenoxy) is 1. The van der Waals surface area contributed by atoms with Gasteiger partial charge in [0.1, 0.15) is 0 Å². The van der Waals surface area contributed by atoms with Crippen LogP contribution in [0.4, 0.5) is 0 Å². The van der Waals surface area contributed by atoms with Gasteiger partial charge in [-0.05, 0) is 53.1 Å². The SMILES string of the molecule is CC(C)(C)OCCN(CCCN)C1CCC1. The van der Waals surface area contributed by atoms with Crippen molar-refractivity contribution in [3.63, 3.8) is 0 Å². The fourth-order valence-electron chi connectivity index (χ4n) is 1.99. The van der Waals surface area contributed by atoms with Crippen molar-refractivity contribution in [1.29, 1.82) is 0 Å². The molecule has 0 aliphatic heterocycles. The van der Waals surface area contributed by atoms with Crippen molar-refractivity contribution >= 4 is 0 Å². The Kier molecular flexibility index (Phi) is 5.73. The van der Waals surface area contributed by atoms with Crippen molar-refractivity contribution in [1.82, 2.24) is 4.90 Å². The van der Waals surface area contributed by atoms with Crippen molar-refractivity contribution < 1.29 is 4.74 Å².